The molecule has 0 N–H and O–H groups in total. The second-order valence-corrected chi connectivity index (χ2v) is 11.3. The quantitative estimate of drug-likeness (QED) is 0.422. The van der Waals surface area contributed by atoms with Gasteiger partial charge in [-0.05, 0) is 66.2 Å². The zero-order valence-electron chi connectivity index (χ0n) is 20.8. The van der Waals surface area contributed by atoms with Crippen molar-refractivity contribution in [1.29, 1.82) is 0 Å². The number of thiophene rings is 1. The Morgan fingerprint density at radius 2 is 1.81 bits per heavy atom. The average Bonchev–Trinajstić information content (AvgIpc) is 3.39. The van der Waals surface area contributed by atoms with E-state index in [0.29, 0.717) is 41.8 Å². The first-order valence-electron chi connectivity index (χ1n) is 12.3. The van der Waals surface area contributed by atoms with E-state index < -0.39 is 0 Å². The normalized spacial score (nSPS) is 20.0. The van der Waals surface area contributed by atoms with Crippen LogP contribution in [-0.4, -0.2) is 72.4 Å². The maximum Gasteiger partial charge on any atom is 0.254 e. The molecular weight excluding hydrogens is 529 g/mol. The van der Waals surface area contributed by atoms with E-state index in [0.717, 1.165) is 24.3 Å². The highest BCUT2D eigenvalue weighted by molar-refractivity contribution is 7.10. The molecule has 2 amide bonds. The molecular formula is C28H29Cl2N3O3S. The van der Waals surface area contributed by atoms with Crippen LogP contribution in [-0.2, 0) is 11.2 Å². The molecule has 3 heterocycles. The van der Waals surface area contributed by atoms with Crippen molar-refractivity contribution in [2.45, 2.75) is 25.4 Å². The molecule has 0 bridgehead atoms. The van der Waals surface area contributed by atoms with Crippen molar-refractivity contribution in [3.8, 4) is 5.75 Å². The third-order valence-corrected chi connectivity index (χ3v) is 8.98. The van der Waals surface area contributed by atoms with E-state index in [9.17, 15) is 9.59 Å². The first-order valence-corrected chi connectivity index (χ1v) is 14.0. The number of nitrogens with zero attached hydrogens (tertiary/aromatic N) is 3. The van der Waals surface area contributed by atoms with Crippen LogP contribution in [0.2, 0.25) is 10.0 Å². The standard InChI is InChI=1S/C28H29Cl2N3O3S/c1-18-16-31(12-13-33(18)28(35)20-5-8-23(29)24(30)15-20)26(34)17-32-11-9-25-22(10-14-37-25)27(32)19-3-6-21(36-2)7-4-19/h3-8,10,14-15,18,27H,9,11-13,16-17H2,1-2H3/t18-,27-/m0/s1. The van der Waals surface area contributed by atoms with Gasteiger partial charge in [-0.25, -0.2) is 0 Å². The summed E-state index contributed by atoms with van der Waals surface area (Å²) in [5.74, 6) is 0.805. The van der Waals surface area contributed by atoms with E-state index in [1.54, 1.807) is 36.6 Å². The van der Waals surface area contributed by atoms with Crippen molar-refractivity contribution in [3.63, 3.8) is 0 Å². The van der Waals surface area contributed by atoms with Crippen LogP contribution in [0.15, 0.2) is 53.9 Å². The molecule has 0 unspecified atom stereocenters. The molecule has 2 aliphatic heterocycles. The van der Waals surface area contributed by atoms with Crippen molar-refractivity contribution < 1.29 is 14.3 Å². The summed E-state index contributed by atoms with van der Waals surface area (Å²) >= 11 is 13.9. The van der Waals surface area contributed by atoms with Crippen LogP contribution < -0.4 is 4.74 Å². The summed E-state index contributed by atoms with van der Waals surface area (Å²) in [6, 6.07) is 15.1. The van der Waals surface area contributed by atoms with Gasteiger partial charge in [-0.1, -0.05) is 35.3 Å². The van der Waals surface area contributed by atoms with Gasteiger partial charge in [0, 0.05) is 42.7 Å². The minimum absolute atomic E-state index is 0.0276. The van der Waals surface area contributed by atoms with E-state index in [2.05, 4.69) is 28.5 Å². The van der Waals surface area contributed by atoms with Gasteiger partial charge in [0.15, 0.2) is 0 Å². The van der Waals surface area contributed by atoms with Crippen LogP contribution >= 0.6 is 34.5 Å². The van der Waals surface area contributed by atoms with Gasteiger partial charge in [-0.3, -0.25) is 14.5 Å². The Kier molecular flexibility index (Phi) is 7.77. The Labute approximate surface area is 231 Å². The zero-order chi connectivity index (χ0) is 26.1. The number of piperazine rings is 1. The van der Waals surface area contributed by atoms with Crippen LogP contribution in [0.4, 0.5) is 0 Å². The number of benzene rings is 2. The summed E-state index contributed by atoms with van der Waals surface area (Å²) in [6.07, 6.45) is 0.940. The SMILES string of the molecule is COc1ccc([C@H]2c3ccsc3CCN2CC(=O)N2CCN(C(=O)c3ccc(Cl)c(Cl)c3)[C@@H](C)C2)cc1. The van der Waals surface area contributed by atoms with Crippen molar-refractivity contribution in [1.82, 2.24) is 14.7 Å². The van der Waals surface area contributed by atoms with Crippen molar-refractivity contribution in [3.05, 3.63) is 85.5 Å². The lowest BCUT2D eigenvalue weighted by Gasteiger charge is -2.42. The molecule has 0 radical (unpaired) electrons. The lowest BCUT2D eigenvalue weighted by atomic mass is 9.93. The largest absolute Gasteiger partial charge is 0.497 e. The summed E-state index contributed by atoms with van der Waals surface area (Å²) in [5.41, 5.74) is 2.93. The molecule has 1 saturated heterocycles. The average molecular weight is 559 g/mol. The van der Waals surface area contributed by atoms with E-state index in [-0.39, 0.29) is 23.9 Å². The van der Waals surface area contributed by atoms with E-state index >= 15 is 0 Å². The molecule has 37 heavy (non-hydrogen) atoms. The van der Waals surface area contributed by atoms with Crippen LogP contribution in [0.25, 0.3) is 0 Å². The minimum atomic E-state index is -0.109. The van der Waals surface area contributed by atoms with Crippen LogP contribution in [0, 0.1) is 0 Å². The lowest BCUT2D eigenvalue weighted by Crippen LogP contribution is -2.57. The fraction of sp³-hybridized carbons (Fsp3) is 0.357. The lowest BCUT2D eigenvalue weighted by molar-refractivity contribution is -0.135. The fourth-order valence-corrected chi connectivity index (χ4v) is 6.47. The summed E-state index contributed by atoms with van der Waals surface area (Å²) in [4.78, 5) is 34.0. The molecule has 194 valence electrons. The Morgan fingerprint density at radius 3 is 2.51 bits per heavy atom. The van der Waals surface area contributed by atoms with Crippen LogP contribution in [0.3, 0.4) is 0 Å². The van der Waals surface area contributed by atoms with Gasteiger partial charge in [0.1, 0.15) is 5.75 Å². The minimum Gasteiger partial charge on any atom is -0.497 e. The summed E-state index contributed by atoms with van der Waals surface area (Å²) < 4.78 is 5.34. The second kappa shape index (κ2) is 11.0. The van der Waals surface area contributed by atoms with E-state index in [1.807, 2.05) is 28.9 Å². The molecule has 6 nitrogen and oxygen atoms in total. The van der Waals surface area contributed by atoms with Gasteiger partial charge >= 0.3 is 0 Å². The highest BCUT2D eigenvalue weighted by Crippen LogP contribution is 2.38. The number of carbonyl (C=O) groups is 2. The second-order valence-electron chi connectivity index (χ2n) is 9.51. The number of carbonyl (C=O) groups excluding carboxylic acids is 2. The van der Waals surface area contributed by atoms with Crippen molar-refractivity contribution in [2.75, 3.05) is 39.8 Å². The monoisotopic (exact) mass is 557 g/mol. The topological polar surface area (TPSA) is 53.1 Å². The van der Waals surface area contributed by atoms with Crippen molar-refractivity contribution in [2.24, 2.45) is 0 Å². The Balaban J connectivity index is 1.27. The molecule has 1 fully saturated rings. The number of amides is 2. The number of fused-ring (bicyclic) bond motifs is 1. The van der Waals surface area contributed by atoms with Crippen LogP contribution in [0.1, 0.15) is 39.3 Å². The predicted molar refractivity (Wildman–Crippen MR) is 148 cm³/mol. The number of halogens is 2. The maximum absolute atomic E-state index is 13.5. The molecule has 2 aliphatic rings. The Bertz CT molecular complexity index is 1300. The van der Waals surface area contributed by atoms with Gasteiger partial charge in [0.25, 0.3) is 5.91 Å². The first-order chi connectivity index (χ1) is 17.9. The van der Waals surface area contributed by atoms with Gasteiger partial charge in [-0.15, -0.1) is 11.3 Å². The highest BCUT2D eigenvalue weighted by atomic mass is 35.5. The zero-order valence-corrected chi connectivity index (χ0v) is 23.2. The number of ether oxygens (including phenoxy) is 1. The van der Waals surface area contributed by atoms with E-state index in [4.69, 9.17) is 27.9 Å². The smallest absolute Gasteiger partial charge is 0.254 e. The molecule has 2 aromatic carbocycles. The molecule has 5 rings (SSSR count). The third-order valence-electron chi connectivity index (χ3n) is 7.24. The van der Waals surface area contributed by atoms with Crippen molar-refractivity contribution >= 4 is 46.4 Å². The Morgan fingerprint density at radius 1 is 1.03 bits per heavy atom. The van der Waals surface area contributed by atoms with Gasteiger partial charge in [-0.2, -0.15) is 0 Å². The molecule has 2 atom stereocenters. The number of hydrogen-bond acceptors (Lipinski definition) is 5. The molecule has 0 saturated carbocycles. The number of hydrogen-bond donors (Lipinski definition) is 0. The van der Waals surface area contributed by atoms with Gasteiger partial charge in [0.05, 0.1) is 29.7 Å². The molecule has 9 heteroatoms. The highest BCUT2D eigenvalue weighted by Gasteiger charge is 2.34. The first kappa shape index (κ1) is 26.0. The van der Waals surface area contributed by atoms with Gasteiger partial charge < -0.3 is 14.5 Å². The maximum atomic E-state index is 13.5. The summed E-state index contributed by atoms with van der Waals surface area (Å²) in [7, 11) is 1.66. The summed E-state index contributed by atoms with van der Waals surface area (Å²) in [6.45, 7) is 4.61. The molecule has 1 aromatic heterocycles. The number of methoxy groups -OCH3 is 1. The van der Waals surface area contributed by atoms with Crippen LogP contribution in [0.5, 0.6) is 5.75 Å². The number of rotatable bonds is 5. The van der Waals surface area contributed by atoms with E-state index in [1.165, 1.54) is 10.4 Å². The molecule has 0 spiro atoms. The summed E-state index contributed by atoms with van der Waals surface area (Å²) in [5, 5.41) is 2.91. The third kappa shape index (κ3) is 5.36. The Hall–Kier alpha value is -2.58. The molecule has 0 aliphatic carbocycles. The van der Waals surface area contributed by atoms with Gasteiger partial charge in [0.2, 0.25) is 5.91 Å². The molecule has 3 aromatic rings. The fourth-order valence-electron chi connectivity index (χ4n) is 5.27. The predicted octanol–water partition coefficient (Wildman–Crippen LogP) is 5.38.